The predicted molar refractivity (Wildman–Crippen MR) is 117 cm³/mol. The summed E-state index contributed by atoms with van der Waals surface area (Å²) in [6, 6.07) is 9.69. The van der Waals surface area contributed by atoms with E-state index in [9.17, 15) is 4.79 Å². The summed E-state index contributed by atoms with van der Waals surface area (Å²) in [5.41, 5.74) is 1.69. The summed E-state index contributed by atoms with van der Waals surface area (Å²) in [4.78, 5) is 14.4. The van der Waals surface area contributed by atoms with Crippen molar-refractivity contribution in [2.75, 3.05) is 33.3 Å². The molecule has 3 heterocycles. The fourth-order valence-electron chi connectivity index (χ4n) is 3.63. The zero-order valence-corrected chi connectivity index (χ0v) is 17.7. The molecule has 0 spiro atoms. The summed E-state index contributed by atoms with van der Waals surface area (Å²) in [5.74, 6) is 2.65. The molecule has 0 atom stereocenters. The minimum Gasteiger partial charge on any atom is -0.497 e. The number of hydrogen-bond donors (Lipinski definition) is 1. The number of hydrogen-bond acceptors (Lipinski definition) is 6. The third-order valence-electron chi connectivity index (χ3n) is 5.40. The molecule has 0 fully saturated rings. The maximum absolute atomic E-state index is 12.0. The van der Waals surface area contributed by atoms with E-state index in [4.69, 9.17) is 9.15 Å². The van der Waals surface area contributed by atoms with E-state index in [0.29, 0.717) is 18.5 Å². The van der Waals surface area contributed by atoms with E-state index in [1.54, 1.807) is 13.2 Å². The quantitative estimate of drug-likeness (QED) is 0.601. The smallest absolute Gasteiger partial charge is 0.254 e. The lowest BCUT2D eigenvalue weighted by Crippen LogP contribution is -2.28. The first-order valence-electron chi connectivity index (χ1n) is 10.5. The van der Waals surface area contributed by atoms with Crippen molar-refractivity contribution in [1.82, 2.24) is 25.0 Å². The minimum absolute atomic E-state index is 0.140. The van der Waals surface area contributed by atoms with Crippen LogP contribution in [0.25, 0.3) is 6.08 Å². The second-order valence-electron chi connectivity index (χ2n) is 7.43. The van der Waals surface area contributed by atoms with E-state index in [1.807, 2.05) is 12.1 Å². The molecule has 162 valence electrons. The molecule has 8 nitrogen and oxygen atoms in total. The number of rotatable bonds is 8. The fraction of sp³-hybridized carbons (Fsp3) is 0.348. The van der Waals surface area contributed by atoms with Crippen molar-refractivity contribution < 1.29 is 13.9 Å². The molecule has 1 amide bonds. The number of amides is 1. The Morgan fingerprint density at radius 2 is 2.06 bits per heavy atom. The Morgan fingerprint density at radius 1 is 1.19 bits per heavy atom. The van der Waals surface area contributed by atoms with Gasteiger partial charge in [0.2, 0.25) is 0 Å². The monoisotopic (exact) mass is 421 g/mol. The van der Waals surface area contributed by atoms with Crippen molar-refractivity contribution in [3.05, 3.63) is 71.7 Å². The number of fused-ring (bicyclic) bond motifs is 1. The number of methoxy groups -OCH3 is 1. The van der Waals surface area contributed by atoms with E-state index in [-0.39, 0.29) is 5.91 Å². The van der Waals surface area contributed by atoms with Crippen molar-refractivity contribution in [1.29, 1.82) is 0 Å². The van der Waals surface area contributed by atoms with Crippen LogP contribution in [0.1, 0.15) is 27.6 Å². The Labute approximate surface area is 181 Å². The Hall–Kier alpha value is -3.39. The maximum Gasteiger partial charge on any atom is 0.254 e. The summed E-state index contributed by atoms with van der Waals surface area (Å²) in [5, 5.41) is 11.6. The molecule has 0 saturated heterocycles. The Balaban J connectivity index is 1.26. The molecule has 8 heteroatoms. The average Bonchev–Trinajstić information content (AvgIpc) is 3.42. The summed E-state index contributed by atoms with van der Waals surface area (Å²) in [7, 11) is 1.67. The van der Waals surface area contributed by atoms with E-state index >= 15 is 0 Å². The molecule has 0 aliphatic carbocycles. The molecule has 1 aliphatic rings. The zero-order chi connectivity index (χ0) is 21.5. The number of nitrogens with one attached hydrogen (secondary N) is 1. The highest BCUT2D eigenvalue weighted by Gasteiger charge is 2.18. The molecule has 0 unspecified atom stereocenters. The lowest BCUT2D eigenvalue weighted by atomic mass is 10.2. The van der Waals surface area contributed by atoms with Gasteiger partial charge in [0.1, 0.15) is 23.7 Å². The van der Waals surface area contributed by atoms with Crippen LogP contribution in [0.4, 0.5) is 0 Å². The minimum atomic E-state index is -0.140. The standard InChI is InChI=1S/C23H27N5O3/c1-30-20-6-4-18(5-7-20)3-2-12-27-13-9-22-26-25-21(28(22)15-14-27)8-11-24-23(29)19-10-16-31-17-19/h2-7,10,16-17H,8-9,11-15H2,1H3,(H,24,29)/b3-2+. The molecule has 1 aromatic carbocycles. The van der Waals surface area contributed by atoms with Gasteiger partial charge in [-0.2, -0.15) is 0 Å². The van der Waals surface area contributed by atoms with Crippen LogP contribution in [0.15, 0.2) is 53.4 Å². The van der Waals surface area contributed by atoms with Gasteiger partial charge >= 0.3 is 0 Å². The highest BCUT2D eigenvalue weighted by Crippen LogP contribution is 2.13. The highest BCUT2D eigenvalue weighted by molar-refractivity contribution is 5.93. The van der Waals surface area contributed by atoms with Gasteiger partial charge in [-0.25, -0.2) is 0 Å². The second-order valence-corrected chi connectivity index (χ2v) is 7.43. The highest BCUT2D eigenvalue weighted by atomic mass is 16.5. The van der Waals surface area contributed by atoms with Gasteiger partial charge in [-0.3, -0.25) is 9.69 Å². The first kappa shape index (κ1) is 20.9. The molecular weight excluding hydrogens is 394 g/mol. The van der Waals surface area contributed by atoms with E-state index < -0.39 is 0 Å². The van der Waals surface area contributed by atoms with Crippen LogP contribution in [-0.2, 0) is 19.4 Å². The van der Waals surface area contributed by atoms with E-state index in [1.165, 1.54) is 12.5 Å². The van der Waals surface area contributed by atoms with Crippen molar-refractivity contribution in [3.8, 4) is 5.75 Å². The van der Waals surface area contributed by atoms with Crippen molar-refractivity contribution >= 4 is 12.0 Å². The number of nitrogens with zero attached hydrogens (tertiary/aromatic N) is 4. The van der Waals surface area contributed by atoms with Crippen molar-refractivity contribution in [2.45, 2.75) is 19.4 Å². The molecule has 0 bridgehead atoms. The molecule has 4 rings (SSSR count). The van der Waals surface area contributed by atoms with Gasteiger partial charge < -0.3 is 19.0 Å². The molecule has 0 radical (unpaired) electrons. The van der Waals surface area contributed by atoms with Gasteiger partial charge in [0.25, 0.3) is 5.91 Å². The van der Waals surface area contributed by atoms with Crippen molar-refractivity contribution in [3.63, 3.8) is 0 Å². The molecule has 0 saturated carbocycles. The first-order valence-corrected chi connectivity index (χ1v) is 10.5. The third kappa shape index (κ3) is 5.40. The maximum atomic E-state index is 12.0. The number of furan rings is 1. The number of carbonyl (C=O) groups excluding carboxylic acids is 1. The van der Waals surface area contributed by atoms with Gasteiger partial charge in [-0.05, 0) is 23.8 Å². The van der Waals surface area contributed by atoms with Crippen LogP contribution < -0.4 is 10.1 Å². The van der Waals surface area contributed by atoms with Crippen LogP contribution in [0.3, 0.4) is 0 Å². The zero-order valence-electron chi connectivity index (χ0n) is 17.7. The third-order valence-corrected chi connectivity index (χ3v) is 5.40. The van der Waals surface area contributed by atoms with Crippen LogP contribution in [-0.4, -0.2) is 58.9 Å². The summed E-state index contributed by atoms with van der Waals surface area (Å²) < 4.78 is 12.3. The van der Waals surface area contributed by atoms with Crippen LogP contribution >= 0.6 is 0 Å². The molecule has 2 aromatic heterocycles. The lowest BCUT2D eigenvalue weighted by molar-refractivity contribution is 0.0953. The molecule has 1 aliphatic heterocycles. The summed E-state index contributed by atoms with van der Waals surface area (Å²) >= 11 is 0. The number of ether oxygens (including phenoxy) is 1. The van der Waals surface area contributed by atoms with Crippen molar-refractivity contribution in [2.24, 2.45) is 0 Å². The number of carbonyl (C=O) groups is 1. The predicted octanol–water partition coefficient (Wildman–Crippen LogP) is 2.42. The van der Waals surface area contributed by atoms with Gasteiger partial charge in [0.15, 0.2) is 0 Å². The number of aromatic nitrogens is 3. The second kappa shape index (κ2) is 10.1. The Kier molecular flexibility index (Phi) is 6.78. The summed E-state index contributed by atoms with van der Waals surface area (Å²) in [6.45, 7) is 4.13. The number of benzene rings is 1. The van der Waals surface area contributed by atoms with E-state index in [2.05, 4.69) is 49.3 Å². The first-order chi connectivity index (χ1) is 15.2. The average molecular weight is 422 g/mol. The van der Waals surface area contributed by atoms with Gasteiger partial charge in [-0.15, -0.1) is 10.2 Å². The molecule has 1 N–H and O–H groups in total. The summed E-state index contributed by atoms with van der Waals surface area (Å²) in [6.07, 6.45) is 8.78. The normalized spacial score (nSPS) is 14.4. The largest absolute Gasteiger partial charge is 0.497 e. The van der Waals surface area contributed by atoms with Crippen LogP contribution in [0, 0.1) is 0 Å². The topological polar surface area (TPSA) is 85.4 Å². The van der Waals surface area contributed by atoms with Crippen LogP contribution in [0.5, 0.6) is 5.75 Å². The van der Waals surface area contributed by atoms with Gasteiger partial charge in [0.05, 0.1) is 18.9 Å². The SMILES string of the molecule is COc1ccc(/C=C/CN2CCc3nnc(CCNC(=O)c4ccoc4)n3CC2)cc1. The molecular formula is C23H27N5O3. The molecule has 3 aromatic rings. The van der Waals surface area contributed by atoms with Crippen LogP contribution in [0.2, 0.25) is 0 Å². The fourth-order valence-corrected chi connectivity index (χ4v) is 3.63. The Bertz CT molecular complexity index is 1010. The van der Waals surface area contributed by atoms with Gasteiger partial charge in [-0.1, -0.05) is 24.3 Å². The van der Waals surface area contributed by atoms with Gasteiger partial charge in [0, 0.05) is 45.6 Å². The Morgan fingerprint density at radius 3 is 2.84 bits per heavy atom. The van der Waals surface area contributed by atoms with E-state index in [0.717, 1.165) is 55.6 Å². The molecule has 31 heavy (non-hydrogen) atoms. The lowest BCUT2D eigenvalue weighted by Gasteiger charge is -2.17.